The molecule has 30 aromatic rings. The Bertz CT molecular complexity index is 10500. The van der Waals surface area contributed by atoms with Crippen LogP contribution in [0.2, 0.25) is 0 Å². The van der Waals surface area contributed by atoms with Crippen LogP contribution in [0.4, 0.5) is 0 Å². The van der Waals surface area contributed by atoms with Crippen molar-refractivity contribution in [3.63, 3.8) is 0 Å². The van der Waals surface area contributed by atoms with Crippen molar-refractivity contribution in [2.75, 3.05) is 0 Å². The first-order valence-electron chi connectivity index (χ1n) is 51.3. The molecule has 0 bridgehead atoms. The molecule has 24 aromatic carbocycles. The predicted octanol–water partition coefficient (Wildman–Crippen LogP) is 43.3. The van der Waals surface area contributed by atoms with E-state index in [1.807, 2.05) is 51.4 Å². The zero-order valence-electron chi connectivity index (χ0n) is 80.9. The van der Waals surface area contributed by atoms with E-state index in [1.54, 1.807) is 0 Å². The first kappa shape index (κ1) is 86.1. The van der Waals surface area contributed by atoms with Gasteiger partial charge in [0.25, 0.3) is 0 Å². The number of fused-ring (bicyclic) bond motifs is 42. The molecule has 6 heterocycles. The molecule has 0 unspecified atom stereocenters. The molecule has 3 aliphatic carbocycles. The fourth-order valence-corrected chi connectivity index (χ4v) is 29.6. The Morgan fingerprint density at radius 1 is 0.113 bits per heavy atom. The van der Waals surface area contributed by atoms with Crippen molar-refractivity contribution in [2.45, 2.75) is 0 Å². The maximum atomic E-state index is 6.76. The normalized spacial score (nSPS) is 12.0. The van der Waals surface area contributed by atoms with Gasteiger partial charge >= 0.3 is 0 Å². The minimum atomic E-state index is 0.906. The Kier molecular flexibility index (Phi) is 19.9. The molecule has 0 fully saturated rings. The van der Waals surface area contributed by atoms with E-state index in [-0.39, 0.29) is 0 Å². The smallest absolute Gasteiger partial charge is 0.143 e. The second-order valence-corrected chi connectivity index (χ2v) is 43.7. The average molecular weight is 1970 g/mol. The van der Waals surface area contributed by atoms with Gasteiger partial charge in [-0.2, -0.15) is 0 Å². The maximum Gasteiger partial charge on any atom is 0.143 e. The molecule has 0 aliphatic heterocycles. The number of para-hydroxylation sites is 3. The summed E-state index contributed by atoms with van der Waals surface area (Å²) in [7, 11) is 0. The van der Waals surface area contributed by atoms with Crippen LogP contribution < -0.4 is 0 Å². The summed E-state index contributed by atoms with van der Waals surface area (Å²) in [5.74, 6) is 0. The third-order valence-electron chi connectivity index (χ3n) is 31.4. The van der Waals surface area contributed by atoms with Crippen molar-refractivity contribution < 1.29 is 8.83 Å². The van der Waals surface area contributed by atoms with Gasteiger partial charge in [0, 0.05) is 108 Å². The lowest BCUT2D eigenvalue weighted by Gasteiger charge is -2.26. The lowest BCUT2D eigenvalue weighted by Crippen LogP contribution is -2.00. The molecular weight excluding hydrogens is 1890 g/mol. The zero-order valence-corrected chi connectivity index (χ0v) is 84.2. The van der Waals surface area contributed by atoms with Crippen molar-refractivity contribution in [1.29, 1.82) is 0 Å². The van der Waals surface area contributed by atoms with E-state index in [2.05, 4.69) is 504 Å². The van der Waals surface area contributed by atoms with E-state index in [1.165, 1.54) is 275 Å². The van der Waals surface area contributed by atoms with Gasteiger partial charge < -0.3 is 8.83 Å². The van der Waals surface area contributed by atoms with Crippen LogP contribution in [0.1, 0.15) is 0 Å². The summed E-state index contributed by atoms with van der Waals surface area (Å²) in [4.78, 5) is 0. The third-order valence-corrected chi connectivity index (χ3v) is 36.2. The number of furan rings is 2. The molecule has 0 saturated carbocycles. The van der Waals surface area contributed by atoms with Gasteiger partial charge in [0.2, 0.25) is 0 Å². The average Bonchev–Trinajstić information content (AvgIpc) is 0.976. The lowest BCUT2D eigenvalue weighted by molar-refractivity contribution is 0.669. The lowest BCUT2D eigenvalue weighted by atomic mass is 9.77. The van der Waals surface area contributed by atoms with Crippen molar-refractivity contribution >= 4 is 170 Å². The third kappa shape index (κ3) is 13.7. The molecule has 150 heavy (non-hydrogen) atoms. The summed E-state index contributed by atoms with van der Waals surface area (Å²) in [6, 6.07) is 188. The van der Waals surface area contributed by atoms with Crippen LogP contribution in [-0.4, -0.2) is 0 Å². The minimum Gasteiger partial charge on any atom is -0.456 e. The van der Waals surface area contributed by atoms with Crippen LogP contribution in [0, 0.1) is 0 Å². The molecular formula is C144H84O2S4. The molecule has 0 saturated heterocycles. The van der Waals surface area contributed by atoms with E-state index in [0.717, 1.165) is 49.4 Å². The van der Waals surface area contributed by atoms with E-state index < -0.39 is 0 Å². The Morgan fingerprint density at radius 2 is 0.340 bits per heavy atom. The van der Waals surface area contributed by atoms with Crippen LogP contribution >= 0.6 is 45.3 Å². The number of hydrogen-bond donors (Lipinski definition) is 0. The Hall–Kier alpha value is -18.2. The van der Waals surface area contributed by atoms with Crippen molar-refractivity contribution in [3.8, 4) is 200 Å². The molecule has 0 spiro atoms. The molecule has 0 N–H and O–H groups in total. The van der Waals surface area contributed by atoms with E-state index in [9.17, 15) is 0 Å². The van der Waals surface area contributed by atoms with E-state index in [0.29, 0.717) is 0 Å². The summed E-state index contributed by atoms with van der Waals surface area (Å²) >= 11 is 7.55. The second-order valence-electron chi connectivity index (χ2n) is 39.5. The molecule has 0 amide bonds. The van der Waals surface area contributed by atoms with Gasteiger partial charge in [0.05, 0.1) is 0 Å². The fraction of sp³-hybridized carbons (Fsp3) is 0. The van der Waals surface area contributed by atoms with E-state index >= 15 is 0 Å². The number of thiophene rings is 4. The molecule has 6 aromatic heterocycles. The van der Waals surface area contributed by atoms with Gasteiger partial charge in [-0.25, -0.2) is 0 Å². The van der Waals surface area contributed by atoms with Crippen LogP contribution in [0.15, 0.2) is 518 Å². The highest BCUT2D eigenvalue weighted by atomic mass is 32.1. The van der Waals surface area contributed by atoms with Gasteiger partial charge in [0.15, 0.2) is 0 Å². The number of benzene rings is 24. The highest BCUT2D eigenvalue weighted by Crippen LogP contribution is 2.60. The fourth-order valence-electron chi connectivity index (χ4n) is 24.8. The zero-order chi connectivity index (χ0) is 98.3. The predicted molar refractivity (Wildman–Crippen MR) is 644 cm³/mol. The van der Waals surface area contributed by atoms with Gasteiger partial charge in [-0.3, -0.25) is 0 Å². The number of rotatable bonds is 6. The van der Waals surface area contributed by atoms with Gasteiger partial charge in [-0.05, 0) is 292 Å². The van der Waals surface area contributed by atoms with Crippen molar-refractivity contribution in [3.05, 3.63) is 510 Å². The first-order chi connectivity index (χ1) is 74.4. The topological polar surface area (TPSA) is 26.3 Å². The van der Waals surface area contributed by atoms with E-state index in [4.69, 9.17) is 8.83 Å². The summed E-state index contributed by atoms with van der Waals surface area (Å²) in [5, 5.41) is 15.1. The van der Waals surface area contributed by atoms with Crippen LogP contribution in [0.25, 0.3) is 325 Å². The highest BCUT2D eigenvalue weighted by Gasteiger charge is 2.33. The first-order valence-corrected chi connectivity index (χ1v) is 54.5. The monoisotopic (exact) mass is 1970 g/mol. The Balaban J connectivity index is 0.000000101. The summed E-state index contributed by atoms with van der Waals surface area (Å²) in [5.41, 5.74) is 48.2. The summed E-state index contributed by atoms with van der Waals surface area (Å²) < 4.78 is 23.6. The molecule has 0 atom stereocenters. The molecule has 3 aliphatic rings. The molecule has 696 valence electrons. The molecule has 0 radical (unpaired) electrons. The molecule has 6 heteroatoms. The largest absolute Gasteiger partial charge is 0.456 e. The van der Waals surface area contributed by atoms with Gasteiger partial charge in [-0.1, -0.05) is 413 Å². The quantitative estimate of drug-likeness (QED) is 0.166. The SMILES string of the molecule is c1ccc2c(c1)-c1ccccc1-c1cc(-c3cccc4c3sc3ccccc34)cc(-c3ccc4oc5ccccc5c4c3)c1-c1ccccc1-2.c1ccc2c(c1)-c1ccccc1-c1cc(-c3cccc4c3sc3ccccc34)cc(-c3ccc4sc5ccccc5c4c3)c1-c1ccccc1-2.c1ccc2c(c1)-c1ccccc1-c1cc(-c3cccc4c3sc3ccccc34)cc(-c3cccc4c3oc3ccccc34)c1-c1ccccc1-2. The van der Waals surface area contributed by atoms with Crippen LogP contribution in [-0.2, 0) is 0 Å². The number of hydrogen-bond acceptors (Lipinski definition) is 6. The summed E-state index contributed by atoms with van der Waals surface area (Å²) in [6.07, 6.45) is 0. The van der Waals surface area contributed by atoms with Crippen molar-refractivity contribution in [1.82, 2.24) is 0 Å². The molecule has 2 nitrogen and oxygen atoms in total. The second kappa shape index (κ2) is 34.7. The van der Waals surface area contributed by atoms with Gasteiger partial charge in [-0.15, -0.1) is 45.3 Å². The van der Waals surface area contributed by atoms with Crippen LogP contribution in [0.3, 0.4) is 0 Å². The standard InChI is InChI=1S/2C48H28OS.C48H28S2/c1-2-14-32-31(13-1)33-15-3-4-17-35(33)42-27-29(30-21-11-24-41-37-19-8-10-26-45(37)50-48(30)41)28-43(46(42)38-20-6-5-16-34(32)38)40-23-12-22-39-36-18-7-9-25-44(36)49-47(39)40;1-2-13-33-32(12-1)34-14-3-4-16-36(34)43-28-30(31-20-11-21-40-38-18-8-10-23-46(38)50-48(31)40)27-41(47(43)39-19-6-5-15-35(33)39)29-24-25-45-42(26-29)37-17-7-9-22-44(37)49-45;1-2-13-33-32(12-1)34-14-3-4-16-36(34)43-28-30(31-20-11-21-40-37-17-7-10-23-45(37)50-48(31)40)27-41(47(43)39-19-6-5-15-35(33)39)29-24-25-46-42(26-29)38-18-8-9-22-44(38)49-46/h3*1-28H. The molecule has 33 rings (SSSR count). The van der Waals surface area contributed by atoms with Crippen molar-refractivity contribution in [2.24, 2.45) is 0 Å². The Labute approximate surface area is 881 Å². The van der Waals surface area contributed by atoms with Gasteiger partial charge in [0.1, 0.15) is 22.3 Å². The minimum absolute atomic E-state index is 0.906. The summed E-state index contributed by atoms with van der Waals surface area (Å²) in [6.45, 7) is 0. The Morgan fingerprint density at radius 3 is 0.713 bits per heavy atom. The maximum absolute atomic E-state index is 6.76. The van der Waals surface area contributed by atoms with Crippen LogP contribution in [0.5, 0.6) is 0 Å². The highest BCUT2D eigenvalue weighted by molar-refractivity contribution is 7.27.